The van der Waals surface area contributed by atoms with Crippen LogP contribution >= 0.6 is 0 Å². The number of unbranched alkanes of at least 4 members (excludes halogenated alkanes) is 20. The summed E-state index contributed by atoms with van der Waals surface area (Å²) in [6, 6.07) is 0. The lowest BCUT2D eigenvalue weighted by molar-refractivity contribution is -0.290. The van der Waals surface area contributed by atoms with E-state index in [2.05, 4.69) is 37.5 Å². The highest BCUT2D eigenvalue weighted by molar-refractivity contribution is 5.67. The Bertz CT molecular complexity index is 874. The molecule has 0 aromatic carbocycles. The molecule has 1 fully saturated rings. The summed E-state index contributed by atoms with van der Waals surface area (Å²) in [6.07, 6.45) is 30.8. The van der Waals surface area contributed by atoms with Crippen LogP contribution in [0.25, 0.3) is 0 Å². The van der Waals surface area contributed by atoms with Crippen LogP contribution in [0, 0.1) is 5.92 Å². The lowest BCUT2D eigenvalue weighted by Crippen LogP contribution is -2.57. The first-order valence-corrected chi connectivity index (χ1v) is 23.3. The van der Waals surface area contributed by atoms with E-state index in [1.54, 1.807) is 0 Å². The summed E-state index contributed by atoms with van der Waals surface area (Å²) in [7, 11) is 0. The van der Waals surface area contributed by atoms with Crippen molar-refractivity contribution >= 4 is 11.9 Å². The van der Waals surface area contributed by atoms with E-state index in [-0.39, 0.29) is 12.0 Å². The quantitative estimate of drug-likeness (QED) is 0.0457. The minimum Gasteiger partial charge on any atom is -0.458 e. The number of hydrogen-bond donors (Lipinski definition) is 0. The van der Waals surface area contributed by atoms with Crippen molar-refractivity contribution in [2.75, 3.05) is 45.9 Å². The average Bonchev–Trinajstić information content (AvgIpc) is 3.15. The average molecular weight is 767 g/mol. The van der Waals surface area contributed by atoms with Crippen molar-refractivity contribution < 1.29 is 28.5 Å². The Hall–Kier alpha value is -1.22. The van der Waals surface area contributed by atoms with Crippen molar-refractivity contribution in [2.45, 2.75) is 234 Å². The molecule has 0 saturated carbocycles. The summed E-state index contributed by atoms with van der Waals surface area (Å²) in [4.78, 5) is 29.3. The van der Waals surface area contributed by atoms with Gasteiger partial charge in [-0.25, -0.2) is 0 Å². The molecule has 54 heavy (non-hydrogen) atoms. The minimum absolute atomic E-state index is 0.109. The fraction of sp³-hybridized carbons (Fsp3) is 0.957. The van der Waals surface area contributed by atoms with Crippen LogP contribution in [0.5, 0.6) is 0 Å². The molecule has 8 heteroatoms. The van der Waals surface area contributed by atoms with E-state index in [4.69, 9.17) is 18.9 Å². The third-order valence-electron chi connectivity index (χ3n) is 11.5. The molecule has 5 unspecified atom stereocenters. The van der Waals surface area contributed by atoms with Gasteiger partial charge in [-0.2, -0.15) is 0 Å². The van der Waals surface area contributed by atoms with E-state index in [0.717, 1.165) is 45.6 Å². The second-order valence-corrected chi connectivity index (χ2v) is 16.4. The predicted octanol–water partition coefficient (Wildman–Crippen LogP) is 11.7. The first kappa shape index (κ1) is 50.8. The van der Waals surface area contributed by atoms with Crippen LogP contribution in [-0.4, -0.2) is 92.2 Å². The van der Waals surface area contributed by atoms with Crippen LogP contribution in [0.4, 0.5) is 0 Å². The van der Waals surface area contributed by atoms with Crippen molar-refractivity contribution in [2.24, 2.45) is 5.92 Å². The number of ether oxygens (including phenoxy) is 4. The van der Waals surface area contributed by atoms with Crippen LogP contribution in [-0.2, 0) is 28.5 Å². The van der Waals surface area contributed by atoms with E-state index in [1.165, 1.54) is 168 Å². The van der Waals surface area contributed by atoms with E-state index >= 15 is 0 Å². The minimum atomic E-state index is -0.781. The number of esters is 2. The maximum atomic E-state index is 12.1. The monoisotopic (exact) mass is 767 g/mol. The Kier molecular flexibility index (Phi) is 32.9. The molecule has 1 heterocycles. The van der Waals surface area contributed by atoms with Crippen molar-refractivity contribution in [1.82, 2.24) is 9.80 Å². The molecule has 1 rings (SSSR count). The molecule has 5 atom stereocenters. The normalized spacial score (nSPS) is 20.2. The van der Waals surface area contributed by atoms with Gasteiger partial charge in [-0.15, -0.1) is 0 Å². The third kappa shape index (κ3) is 25.8. The van der Waals surface area contributed by atoms with Gasteiger partial charge in [-0.05, 0) is 64.8 Å². The molecule has 0 aliphatic carbocycles. The Morgan fingerprint density at radius 2 is 0.889 bits per heavy atom. The summed E-state index contributed by atoms with van der Waals surface area (Å²) in [5.41, 5.74) is 0. The smallest absolute Gasteiger partial charge is 0.303 e. The highest BCUT2D eigenvalue weighted by Crippen LogP contribution is 2.32. The van der Waals surface area contributed by atoms with Gasteiger partial charge in [0.1, 0.15) is 6.10 Å². The van der Waals surface area contributed by atoms with Crippen molar-refractivity contribution in [1.29, 1.82) is 0 Å². The van der Waals surface area contributed by atoms with E-state index < -0.39 is 30.4 Å². The fourth-order valence-corrected chi connectivity index (χ4v) is 8.09. The van der Waals surface area contributed by atoms with Gasteiger partial charge in [-0.1, -0.05) is 163 Å². The highest BCUT2D eigenvalue weighted by Gasteiger charge is 2.47. The molecule has 0 spiro atoms. The summed E-state index contributed by atoms with van der Waals surface area (Å²) in [5, 5.41) is 0. The van der Waals surface area contributed by atoms with Gasteiger partial charge in [0.2, 0.25) is 0 Å². The fourth-order valence-electron chi connectivity index (χ4n) is 8.09. The standard InChI is InChI=1S/C46H90N2O6/c1-8-12-14-16-18-20-22-24-26-28-30-34-47(11-4)36-32-37-48(35-31-29-27-25-23-21-19-17-15-13-9-2)38-33-39-51-46-45(53-42(7)50)44(52-41(6)49)40(5)43(10-3)54-46/h40,43-46H,8-39H2,1-7H3. The molecular formula is C46H90N2O6. The number of carbonyl (C=O) groups is 2. The zero-order chi connectivity index (χ0) is 39.7. The van der Waals surface area contributed by atoms with Gasteiger partial charge >= 0.3 is 11.9 Å². The number of hydrogen-bond acceptors (Lipinski definition) is 8. The van der Waals surface area contributed by atoms with E-state index in [0.29, 0.717) is 6.61 Å². The van der Waals surface area contributed by atoms with Crippen molar-refractivity contribution in [3.8, 4) is 0 Å². The van der Waals surface area contributed by atoms with Gasteiger partial charge in [0.15, 0.2) is 12.4 Å². The second kappa shape index (κ2) is 35.0. The molecular weight excluding hydrogens is 677 g/mol. The van der Waals surface area contributed by atoms with Gasteiger partial charge in [-0.3, -0.25) is 9.59 Å². The third-order valence-corrected chi connectivity index (χ3v) is 11.5. The predicted molar refractivity (Wildman–Crippen MR) is 226 cm³/mol. The molecule has 0 N–H and O–H groups in total. The first-order valence-electron chi connectivity index (χ1n) is 23.3. The molecule has 1 saturated heterocycles. The summed E-state index contributed by atoms with van der Waals surface area (Å²) >= 11 is 0. The Morgan fingerprint density at radius 3 is 1.33 bits per heavy atom. The summed E-state index contributed by atoms with van der Waals surface area (Å²) < 4.78 is 23.9. The Balaban J connectivity index is 2.57. The number of nitrogens with zero attached hydrogens (tertiary/aromatic N) is 2. The van der Waals surface area contributed by atoms with Gasteiger partial charge in [0, 0.05) is 26.3 Å². The lowest BCUT2D eigenvalue weighted by Gasteiger charge is -2.44. The van der Waals surface area contributed by atoms with Crippen LogP contribution in [0.15, 0.2) is 0 Å². The molecule has 0 radical (unpaired) electrons. The molecule has 1 aliphatic rings. The van der Waals surface area contributed by atoms with Crippen LogP contribution in [0.3, 0.4) is 0 Å². The van der Waals surface area contributed by atoms with Crippen molar-refractivity contribution in [3.63, 3.8) is 0 Å². The second-order valence-electron chi connectivity index (χ2n) is 16.4. The van der Waals surface area contributed by atoms with Gasteiger partial charge in [0.25, 0.3) is 0 Å². The SMILES string of the molecule is CCCCCCCCCCCCCN(CC)CCCN(CCCCCCCCCCCCC)CCCOC1OC(CC)C(C)C(OC(C)=O)C1OC(C)=O. The molecule has 8 nitrogen and oxygen atoms in total. The summed E-state index contributed by atoms with van der Waals surface area (Å²) in [5.74, 6) is -0.931. The zero-order valence-corrected chi connectivity index (χ0v) is 36.9. The van der Waals surface area contributed by atoms with Crippen molar-refractivity contribution in [3.05, 3.63) is 0 Å². The lowest BCUT2D eigenvalue weighted by atomic mass is 9.89. The molecule has 0 aromatic heterocycles. The van der Waals surface area contributed by atoms with Gasteiger partial charge < -0.3 is 28.7 Å². The Labute approximate surface area is 334 Å². The van der Waals surface area contributed by atoms with E-state index in [9.17, 15) is 9.59 Å². The molecule has 1 aliphatic heterocycles. The number of carbonyl (C=O) groups excluding carboxylic acids is 2. The van der Waals surface area contributed by atoms with Gasteiger partial charge in [0.05, 0.1) is 12.7 Å². The maximum absolute atomic E-state index is 12.1. The highest BCUT2D eigenvalue weighted by atomic mass is 16.7. The molecule has 320 valence electrons. The first-order chi connectivity index (χ1) is 26.3. The zero-order valence-electron chi connectivity index (χ0n) is 36.9. The molecule has 0 bridgehead atoms. The van der Waals surface area contributed by atoms with Crippen LogP contribution in [0.1, 0.15) is 209 Å². The summed E-state index contributed by atoms with van der Waals surface area (Å²) in [6.45, 7) is 20.9. The molecule has 0 amide bonds. The Morgan fingerprint density at radius 1 is 0.500 bits per heavy atom. The van der Waals surface area contributed by atoms with E-state index in [1.807, 2.05) is 6.92 Å². The van der Waals surface area contributed by atoms with Crippen LogP contribution in [0.2, 0.25) is 0 Å². The number of rotatable bonds is 37. The van der Waals surface area contributed by atoms with Crippen LogP contribution < -0.4 is 0 Å². The largest absolute Gasteiger partial charge is 0.458 e. The maximum Gasteiger partial charge on any atom is 0.303 e. The topological polar surface area (TPSA) is 77.5 Å². The molecule has 0 aromatic rings.